The third-order valence-electron chi connectivity index (χ3n) is 1.09. The Bertz CT molecular complexity index is 295. The topological polar surface area (TPSA) is 52.1 Å². The van der Waals surface area contributed by atoms with Crippen LogP contribution >= 0.6 is 0 Å². The molecule has 0 saturated carbocycles. The maximum Gasteiger partial charge on any atom is 0.339 e. The number of esters is 1. The first kappa shape index (κ1) is 8.39. The summed E-state index contributed by atoms with van der Waals surface area (Å²) in [4.78, 5) is 18.4. The van der Waals surface area contributed by atoms with Crippen LogP contribution in [0.15, 0.2) is 30.7 Å². The molecule has 0 saturated heterocycles. The molecule has 4 heteroatoms. The van der Waals surface area contributed by atoms with Crippen LogP contribution in [0.4, 0.5) is 0 Å². The van der Waals surface area contributed by atoms with Crippen LogP contribution in [-0.2, 0) is 4.79 Å². The Balaban J connectivity index is 2.65. The van der Waals surface area contributed by atoms with E-state index in [9.17, 15) is 4.79 Å². The van der Waals surface area contributed by atoms with Gasteiger partial charge in [-0.3, -0.25) is 4.98 Å². The van der Waals surface area contributed by atoms with Crippen molar-refractivity contribution in [3.05, 3.63) is 30.7 Å². The number of hydrogen-bond acceptors (Lipinski definition) is 4. The molecule has 12 heavy (non-hydrogen) atoms. The van der Waals surface area contributed by atoms with Crippen molar-refractivity contribution in [3.63, 3.8) is 0 Å². The summed E-state index contributed by atoms with van der Waals surface area (Å²) in [5, 5.41) is 0. The van der Waals surface area contributed by atoms with E-state index in [1.165, 1.54) is 18.6 Å². The zero-order chi connectivity index (χ0) is 8.97. The Morgan fingerprint density at radius 3 is 2.83 bits per heavy atom. The lowest BCUT2D eigenvalue weighted by atomic mass is 10.4. The van der Waals surface area contributed by atoms with E-state index < -0.39 is 5.97 Å². The SMILES string of the molecule is C=C(C)C(=O)Oc1cnccn1. The highest BCUT2D eigenvalue weighted by molar-refractivity contribution is 5.88. The Morgan fingerprint density at radius 1 is 1.58 bits per heavy atom. The molecule has 1 heterocycles. The van der Waals surface area contributed by atoms with Crippen LogP contribution in [0.5, 0.6) is 5.88 Å². The van der Waals surface area contributed by atoms with Gasteiger partial charge < -0.3 is 4.74 Å². The van der Waals surface area contributed by atoms with E-state index in [0.717, 1.165) is 0 Å². The van der Waals surface area contributed by atoms with E-state index in [-0.39, 0.29) is 5.88 Å². The van der Waals surface area contributed by atoms with Gasteiger partial charge in [-0.05, 0) is 6.92 Å². The summed E-state index contributed by atoms with van der Waals surface area (Å²) >= 11 is 0. The molecule has 0 amide bonds. The maximum atomic E-state index is 10.9. The molecule has 1 aromatic rings. The number of rotatable bonds is 2. The predicted molar refractivity (Wildman–Crippen MR) is 42.5 cm³/mol. The second kappa shape index (κ2) is 3.61. The van der Waals surface area contributed by atoms with Gasteiger partial charge in [-0.25, -0.2) is 9.78 Å². The van der Waals surface area contributed by atoms with Gasteiger partial charge >= 0.3 is 5.97 Å². The van der Waals surface area contributed by atoms with Crippen molar-refractivity contribution < 1.29 is 9.53 Å². The maximum absolute atomic E-state index is 10.9. The molecule has 4 nitrogen and oxygen atoms in total. The van der Waals surface area contributed by atoms with E-state index in [1.807, 2.05) is 0 Å². The largest absolute Gasteiger partial charge is 0.402 e. The van der Waals surface area contributed by atoms with Crippen LogP contribution in [0.1, 0.15) is 6.92 Å². The molecular weight excluding hydrogens is 156 g/mol. The van der Waals surface area contributed by atoms with Crippen LogP contribution < -0.4 is 4.74 Å². The van der Waals surface area contributed by atoms with E-state index in [4.69, 9.17) is 4.74 Å². The summed E-state index contributed by atoms with van der Waals surface area (Å²) in [6.07, 6.45) is 4.31. The predicted octanol–water partition coefficient (Wildman–Crippen LogP) is 0.958. The van der Waals surface area contributed by atoms with E-state index >= 15 is 0 Å². The van der Waals surface area contributed by atoms with Crippen molar-refractivity contribution in [2.24, 2.45) is 0 Å². The molecule has 0 aliphatic rings. The molecule has 0 aliphatic heterocycles. The highest BCUT2D eigenvalue weighted by Gasteiger charge is 2.04. The fourth-order valence-corrected chi connectivity index (χ4v) is 0.520. The molecule has 0 aliphatic carbocycles. The van der Waals surface area contributed by atoms with Gasteiger partial charge in [-0.2, -0.15) is 0 Å². The van der Waals surface area contributed by atoms with Crippen molar-refractivity contribution in [2.75, 3.05) is 0 Å². The standard InChI is InChI=1S/C8H8N2O2/c1-6(2)8(11)12-7-5-9-3-4-10-7/h3-5H,1H2,2H3. The normalized spacial score (nSPS) is 9.08. The lowest BCUT2D eigenvalue weighted by Gasteiger charge is -1.99. The zero-order valence-corrected chi connectivity index (χ0v) is 6.65. The molecule has 0 N–H and O–H groups in total. The first-order valence-corrected chi connectivity index (χ1v) is 3.34. The number of carbonyl (C=O) groups excluding carboxylic acids is 1. The van der Waals surface area contributed by atoms with Crippen LogP contribution in [0.25, 0.3) is 0 Å². The monoisotopic (exact) mass is 164 g/mol. The highest BCUT2D eigenvalue weighted by Crippen LogP contribution is 2.03. The molecule has 0 atom stereocenters. The number of aromatic nitrogens is 2. The van der Waals surface area contributed by atoms with Gasteiger partial charge in [0.15, 0.2) is 0 Å². The number of nitrogens with zero attached hydrogens (tertiary/aromatic N) is 2. The average Bonchev–Trinajstić information content (AvgIpc) is 2.06. The van der Waals surface area contributed by atoms with Crippen molar-refractivity contribution >= 4 is 5.97 Å². The summed E-state index contributed by atoms with van der Waals surface area (Å²) < 4.78 is 4.76. The molecule has 62 valence electrons. The Labute approximate surface area is 69.9 Å². The third kappa shape index (κ3) is 2.16. The second-order valence-electron chi connectivity index (χ2n) is 2.21. The van der Waals surface area contributed by atoms with Crippen LogP contribution in [0, 0.1) is 0 Å². The van der Waals surface area contributed by atoms with E-state index in [0.29, 0.717) is 5.57 Å². The third-order valence-corrected chi connectivity index (χ3v) is 1.09. The Kier molecular flexibility index (Phi) is 2.53. The smallest absolute Gasteiger partial charge is 0.339 e. The summed E-state index contributed by atoms with van der Waals surface area (Å²) in [5.74, 6) is -0.305. The number of hydrogen-bond donors (Lipinski definition) is 0. The Hall–Kier alpha value is -1.71. The highest BCUT2D eigenvalue weighted by atomic mass is 16.5. The fourth-order valence-electron chi connectivity index (χ4n) is 0.520. The minimum absolute atomic E-state index is 0.186. The zero-order valence-electron chi connectivity index (χ0n) is 6.65. The minimum Gasteiger partial charge on any atom is -0.402 e. The molecule has 0 radical (unpaired) electrons. The van der Waals surface area contributed by atoms with Crippen LogP contribution in [0.3, 0.4) is 0 Å². The van der Waals surface area contributed by atoms with Crippen molar-refractivity contribution in [2.45, 2.75) is 6.92 Å². The van der Waals surface area contributed by atoms with Gasteiger partial charge in [0.25, 0.3) is 0 Å². The van der Waals surface area contributed by atoms with Gasteiger partial charge in [0.05, 0.1) is 6.20 Å². The quantitative estimate of drug-likeness (QED) is 0.482. The molecule has 1 aromatic heterocycles. The first-order valence-electron chi connectivity index (χ1n) is 3.34. The van der Waals surface area contributed by atoms with E-state index in [1.54, 1.807) is 6.92 Å². The van der Waals surface area contributed by atoms with E-state index in [2.05, 4.69) is 16.5 Å². The molecule has 0 bridgehead atoms. The summed E-state index contributed by atoms with van der Waals surface area (Å²) in [7, 11) is 0. The molecule has 0 aromatic carbocycles. The molecule has 1 rings (SSSR count). The van der Waals surface area contributed by atoms with Gasteiger partial charge in [0.2, 0.25) is 5.88 Å². The first-order chi connectivity index (χ1) is 5.70. The van der Waals surface area contributed by atoms with Crippen LogP contribution in [0.2, 0.25) is 0 Å². The molecule has 0 unspecified atom stereocenters. The molecule has 0 fully saturated rings. The van der Waals surface area contributed by atoms with Gasteiger partial charge in [-0.1, -0.05) is 6.58 Å². The van der Waals surface area contributed by atoms with Crippen LogP contribution in [-0.4, -0.2) is 15.9 Å². The second-order valence-corrected chi connectivity index (χ2v) is 2.21. The number of ether oxygens (including phenoxy) is 1. The van der Waals surface area contributed by atoms with Gasteiger partial charge in [0, 0.05) is 18.0 Å². The fraction of sp³-hybridized carbons (Fsp3) is 0.125. The van der Waals surface area contributed by atoms with Gasteiger partial charge in [0.1, 0.15) is 0 Å². The van der Waals surface area contributed by atoms with Gasteiger partial charge in [-0.15, -0.1) is 0 Å². The summed E-state index contributed by atoms with van der Waals surface area (Å²) in [6.45, 7) is 5.00. The summed E-state index contributed by atoms with van der Waals surface area (Å²) in [6, 6.07) is 0. The average molecular weight is 164 g/mol. The molecule has 0 spiro atoms. The van der Waals surface area contributed by atoms with Crippen molar-refractivity contribution in [3.8, 4) is 5.88 Å². The summed E-state index contributed by atoms with van der Waals surface area (Å²) in [5.41, 5.74) is 0.334. The lowest BCUT2D eigenvalue weighted by molar-refractivity contribution is -0.130. The lowest BCUT2D eigenvalue weighted by Crippen LogP contribution is -2.09. The molecular formula is C8H8N2O2. The number of carbonyl (C=O) groups is 1. The minimum atomic E-state index is -0.490. The van der Waals surface area contributed by atoms with Crippen molar-refractivity contribution in [1.29, 1.82) is 0 Å². The Morgan fingerprint density at radius 2 is 2.33 bits per heavy atom. The van der Waals surface area contributed by atoms with Crippen molar-refractivity contribution in [1.82, 2.24) is 9.97 Å².